The number of Topliss-reactive ketones (excluding diaryl/α,β-unsaturated/α-hetero) is 1. The first kappa shape index (κ1) is 11.6. The first-order chi connectivity index (χ1) is 5.96. The molecule has 0 aliphatic rings. The van der Waals surface area contributed by atoms with Gasteiger partial charge >= 0.3 is 5.97 Å². The molecule has 13 heavy (non-hydrogen) atoms. The molecule has 0 fully saturated rings. The number of hydrogen-bond acceptors (Lipinski definition) is 4. The van der Waals surface area contributed by atoms with Gasteiger partial charge in [-0.1, -0.05) is 0 Å². The van der Waals surface area contributed by atoms with Crippen molar-refractivity contribution in [3.63, 3.8) is 0 Å². The zero-order chi connectivity index (χ0) is 10.5. The van der Waals surface area contributed by atoms with Crippen molar-refractivity contribution in [3.8, 4) is 6.07 Å². The number of ether oxygens (including phenoxy) is 1. The Balaban J connectivity index is 4.39. The molecule has 0 rings (SSSR count). The Bertz CT molecular complexity index is 254. The highest BCUT2D eigenvalue weighted by atomic mass is 16.5. The molecule has 0 aromatic carbocycles. The van der Waals surface area contributed by atoms with Gasteiger partial charge < -0.3 is 9.53 Å². The molecule has 0 saturated carbocycles. The molecular formula is C9H13NO3. The van der Waals surface area contributed by atoms with Crippen molar-refractivity contribution >= 4 is 11.8 Å². The topological polar surface area (TPSA) is 67.2 Å². The number of carbonyl (C=O) groups is 2. The highest BCUT2D eigenvalue weighted by Gasteiger charge is 2.34. The smallest absolute Gasteiger partial charge is 0.325 e. The molecule has 1 atom stereocenters. The van der Waals surface area contributed by atoms with Crippen LogP contribution in [0.4, 0.5) is 0 Å². The van der Waals surface area contributed by atoms with Gasteiger partial charge in [0.05, 0.1) is 13.2 Å². The largest absolute Gasteiger partial charge is 0.468 e. The van der Waals surface area contributed by atoms with E-state index in [4.69, 9.17) is 5.26 Å². The number of nitrogens with zero attached hydrogens (tertiary/aromatic N) is 1. The lowest BCUT2D eigenvalue weighted by Crippen LogP contribution is -2.27. The average Bonchev–Trinajstić information content (AvgIpc) is 2.12. The Morgan fingerprint density at radius 1 is 1.54 bits per heavy atom. The van der Waals surface area contributed by atoms with Gasteiger partial charge in [-0.25, -0.2) is 0 Å². The molecule has 0 spiro atoms. The zero-order valence-corrected chi connectivity index (χ0v) is 8.09. The summed E-state index contributed by atoms with van der Waals surface area (Å²) in [6.07, 6.45) is 0.435. The van der Waals surface area contributed by atoms with Gasteiger partial charge in [0.25, 0.3) is 0 Å². The summed E-state index contributed by atoms with van der Waals surface area (Å²) in [5, 5.41) is 8.74. The second-order valence-electron chi connectivity index (χ2n) is 3.14. The summed E-state index contributed by atoms with van der Waals surface area (Å²) in [6, 6.07) is 1.86. The molecule has 72 valence electrons. The van der Waals surface area contributed by atoms with Crippen LogP contribution in [0.5, 0.6) is 0 Å². The van der Waals surface area contributed by atoms with Crippen molar-refractivity contribution in [2.45, 2.75) is 26.7 Å². The van der Waals surface area contributed by atoms with E-state index in [-0.39, 0.29) is 18.6 Å². The molecule has 1 unspecified atom stereocenters. The minimum absolute atomic E-state index is 0.0367. The second kappa shape index (κ2) is 4.61. The minimum Gasteiger partial charge on any atom is -0.468 e. The Hall–Kier alpha value is -1.37. The van der Waals surface area contributed by atoms with Crippen LogP contribution in [0.15, 0.2) is 0 Å². The van der Waals surface area contributed by atoms with E-state index < -0.39 is 11.4 Å². The quantitative estimate of drug-likeness (QED) is 0.611. The van der Waals surface area contributed by atoms with Crippen LogP contribution < -0.4 is 0 Å². The fourth-order valence-corrected chi connectivity index (χ4v) is 0.855. The van der Waals surface area contributed by atoms with E-state index >= 15 is 0 Å². The maximum Gasteiger partial charge on any atom is 0.325 e. The molecule has 0 radical (unpaired) electrons. The average molecular weight is 183 g/mol. The van der Waals surface area contributed by atoms with Crippen molar-refractivity contribution < 1.29 is 14.3 Å². The molecule has 4 nitrogen and oxygen atoms in total. The van der Waals surface area contributed by atoms with Crippen LogP contribution in [0.25, 0.3) is 0 Å². The summed E-state index contributed by atoms with van der Waals surface area (Å²) in [5.41, 5.74) is -1.19. The van der Waals surface area contributed by atoms with Crippen molar-refractivity contribution in [1.82, 2.24) is 0 Å². The Kier molecular flexibility index (Phi) is 4.12. The molecular weight excluding hydrogens is 170 g/mol. The van der Waals surface area contributed by atoms with E-state index in [0.717, 1.165) is 0 Å². The van der Waals surface area contributed by atoms with Gasteiger partial charge in [-0.05, 0) is 20.3 Å². The van der Waals surface area contributed by atoms with Gasteiger partial charge in [-0.2, -0.15) is 5.26 Å². The zero-order valence-electron chi connectivity index (χ0n) is 8.09. The Morgan fingerprint density at radius 3 is 2.38 bits per heavy atom. The monoisotopic (exact) mass is 183 g/mol. The van der Waals surface area contributed by atoms with Gasteiger partial charge in [0, 0.05) is 6.42 Å². The standard InChI is InChI=1S/C9H13NO3/c1-7(11)4-5-9(2,6-10)8(12)13-3/h4-5H2,1-3H3. The van der Waals surface area contributed by atoms with Crippen LogP contribution in [0.3, 0.4) is 0 Å². The van der Waals surface area contributed by atoms with Crippen LogP contribution in [-0.4, -0.2) is 18.9 Å². The van der Waals surface area contributed by atoms with Crippen molar-refractivity contribution in [1.29, 1.82) is 5.26 Å². The maximum atomic E-state index is 11.1. The van der Waals surface area contributed by atoms with E-state index in [2.05, 4.69) is 4.74 Å². The molecule has 0 N–H and O–H groups in total. The maximum absolute atomic E-state index is 11.1. The summed E-state index contributed by atoms with van der Waals surface area (Å²) < 4.78 is 4.47. The van der Waals surface area contributed by atoms with Gasteiger partial charge in [0.15, 0.2) is 5.41 Å². The molecule has 0 amide bonds. The van der Waals surface area contributed by atoms with Crippen LogP contribution in [-0.2, 0) is 14.3 Å². The predicted octanol–water partition coefficient (Wildman–Crippen LogP) is 1.06. The normalized spacial score (nSPS) is 14.0. The van der Waals surface area contributed by atoms with E-state index in [9.17, 15) is 9.59 Å². The van der Waals surface area contributed by atoms with Crippen molar-refractivity contribution in [3.05, 3.63) is 0 Å². The summed E-state index contributed by atoms with van der Waals surface area (Å²) in [4.78, 5) is 21.8. The SMILES string of the molecule is COC(=O)C(C)(C#N)CCC(C)=O. The van der Waals surface area contributed by atoms with Crippen molar-refractivity contribution in [2.75, 3.05) is 7.11 Å². The second-order valence-corrected chi connectivity index (χ2v) is 3.14. The van der Waals surface area contributed by atoms with Gasteiger partial charge in [-0.15, -0.1) is 0 Å². The summed E-state index contributed by atoms with van der Waals surface area (Å²) in [7, 11) is 1.23. The van der Waals surface area contributed by atoms with E-state index in [1.54, 1.807) is 0 Å². The predicted molar refractivity (Wildman–Crippen MR) is 45.7 cm³/mol. The Morgan fingerprint density at radius 2 is 2.08 bits per heavy atom. The first-order valence-electron chi connectivity index (χ1n) is 3.95. The molecule has 4 heteroatoms. The summed E-state index contributed by atoms with van der Waals surface area (Å²) in [5.74, 6) is -0.623. The third-order valence-corrected chi connectivity index (χ3v) is 1.86. The van der Waals surface area contributed by atoms with E-state index in [1.807, 2.05) is 6.07 Å². The third-order valence-electron chi connectivity index (χ3n) is 1.86. The molecule has 0 saturated heterocycles. The number of ketones is 1. The lowest BCUT2D eigenvalue weighted by Gasteiger charge is -2.16. The Labute approximate surface area is 77.5 Å². The lowest BCUT2D eigenvalue weighted by atomic mass is 9.86. The third kappa shape index (κ3) is 3.24. The van der Waals surface area contributed by atoms with Gasteiger partial charge in [-0.3, -0.25) is 4.79 Å². The highest BCUT2D eigenvalue weighted by molar-refractivity contribution is 5.81. The molecule has 0 aromatic rings. The molecule has 0 aromatic heterocycles. The summed E-state index contributed by atoms with van der Waals surface area (Å²) >= 11 is 0. The van der Waals surface area contributed by atoms with Crippen LogP contribution in [0.1, 0.15) is 26.7 Å². The number of carbonyl (C=O) groups excluding carboxylic acids is 2. The minimum atomic E-state index is -1.19. The fraction of sp³-hybridized carbons (Fsp3) is 0.667. The van der Waals surface area contributed by atoms with E-state index in [0.29, 0.717) is 0 Å². The first-order valence-corrected chi connectivity index (χ1v) is 3.95. The molecule has 0 bridgehead atoms. The van der Waals surface area contributed by atoms with Crippen LogP contribution in [0.2, 0.25) is 0 Å². The van der Waals surface area contributed by atoms with Crippen LogP contribution in [0, 0.1) is 16.7 Å². The fourth-order valence-electron chi connectivity index (χ4n) is 0.855. The molecule has 0 aliphatic carbocycles. The number of methoxy groups -OCH3 is 1. The van der Waals surface area contributed by atoms with Gasteiger partial charge in [0.2, 0.25) is 0 Å². The number of hydrogen-bond donors (Lipinski definition) is 0. The molecule has 0 heterocycles. The van der Waals surface area contributed by atoms with E-state index in [1.165, 1.54) is 21.0 Å². The van der Waals surface area contributed by atoms with Crippen molar-refractivity contribution in [2.24, 2.45) is 5.41 Å². The lowest BCUT2D eigenvalue weighted by molar-refractivity contribution is -0.148. The highest BCUT2D eigenvalue weighted by Crippen LogP contribution is 2.23. The molecule has 0 aliphatic heterocycles. The number of rotatable bonds is 4. The number of esters is 1. The van der Waals surface area contributed by atoms with Crippen LogP contribution >= 0.6 is 0 Å². The summed E-state index contributed by atoms with van der Waals surface area (Å²) in [6.45, 7) is 2.90. The number of nitriles is 1. The van der Waals surface area contributed by atoms with Gasteiger partial charge in [0.1, 0.15) is 5.78 Å².